The zero-order valence-electron chi connectivity index (χ0n) is 12.4. The molecular weight excluding hydrogens is 322 g/mol. The Labute approximate surface area is 136 Å². The molecule has 4 nitrogen and oxygen atoms in total. The number of nitrogens with one attached hydrogen (secondary N) is 1. The van der Waals surface area contributed by atoms with Crippen LogP contribution in [0, 0.1) is 0 Å². The highest BCUT2D eigenvalue weighted by Crippen LogP contribution is 2.20. The van der Waals surface area contributed by atoms with Crippen LogP contribution in [0.4, 0.5) is 0 Å². The Balaban J connectivity index is 2.14. The number of hydrogen-bond donors (Lipinski definition) is 1. The van der Waals surface area contributed by atoms with Crippen molar-refractivity contribution in [2.24, 2.45) is 0 Å². The van der Waals surface area contributed by atoms with Gasteiger partial charge in [0.05, 0.1) is 11.5 Å². The zero-order chi connectivity index (χ0) is 16.2. The van der Waals surface area contributed by atoms with Crippen molar-refractivity contribution in [1.29, 1.82) is 0 Å². The lowest BCUT2D eigenvalue weighted by atomic mass is 10.1. The Hall–Kier alpha value is -1.56. The molecule has 0 aliphatic carbocycles. The summed E-state index contributed by atoms with van der Waals surface area (Å²) < 4.78 is 32.7. The quantitative estimate of drug-likeness (QED) is 0.871. The van der Waals surface area contributed by atoms with Gasteiger partial charge in [-0.25, -0.2) is 13.1 Å². The van der Waals surface area contributed by atoms with Crippen LogP contribution < -0.4 is 9.46 Å². The maximum Gasteiger partial charge on any atom is 0.241 e. The molecule has 2 aromatic carbocycles. The van der Waals surface area contributed by atoms with Crippen molar-refractivity contribution in [3.05, 3.63) is 59.1 Å². The van der Waals surface area contributed by atoms with Gasteiger partial charge in [0.2, 0.25) is 10.0 Å². The van der Waals surface area contributed by atoms with E-state index in [-0.39, 0.29) is 10.9 Å². The first-order valence-corrected chi connectivity index (χ1v) is 8.79. The van der Waals surface area contributed by atoms with Crippen molar-refractivity contribution >= 4 is 21.6 Å². The third kappa shape index (κ3) is 4.22. The standard InChI is InChI=1S/C16H18ClNO3S/c1-3-21-15-8-10-16(11-9-15)22(19,20)18-12(2)13-4-6-14(17)7-5-13/h4-12,18H,3H2,1-2H3/t12-/m1/s1. The van der Waals surface area contributed by atoms with Crippen LogP contribution in [0.2, 0.25) is 5.02 Å². The SMILES string of the molecule is CCOc1ccc(S(=O)(=O)N[C@H](C)c2ccc(Cl)cc2)cc1. The molecule has 118 valence electrons. The van der Waals surface area contributed by atoms with Crippen LogP contribution in [0.15, 0.2) is 53.4 Å². The molecule has 0 aliphatic heterocycles. The average molecular weight is 340 g/mol. The number of benzene rings is 2. The minimum Gasteiger partial charge on any atom is -0.494 e. The molecule has 0 saturated carbocycles. The molecule has 2 rings (SSSR count). The summed E-state index contributed by atoms with van der Waals surface area (Å²) in [4.78, 5) is 0.205. The van der Waals surface area contributed by atoms with Gasteiger partial charge in [0.15, 0.2) is 0 Å². The van der Waals surface area contributed by atoms with E-state index in [1.807, 2.05) is 6.92 Å². The van der Waals surface area contributed by atoms with E-state index in [0.29, 0.717) is 17.4 Å². The average Bonchev–Trinajstić information content (AvgIpc) is 2.48. The molecule has 1 atom stereocenters. The first-order valence-electron chi connectivity index (χ1n) is 6.93. The lowest BCUT2D eigenvalue weighted by molar-refractivity contribution is 0.340. The maximum atomic E-state index is 12.4. The molecule has 0 saturated heterocycles. The van der Waals surface area contributed by atoms with Crippen molar-refractivity contribution in [3.63, 3.8) is 0 Å². The van der Waals surface area contributed by atoms with E-state index >= 15 is 0 Å². The molecule has 0 radical (unpaired) electrons. The molecule has 0 amide bonds. The fourth-order valence-electron chi connectivity index (χ4n) is 2.00. The second-order valence-electron chi connectivity index (χ2n) is 4.80. The van der Waals surface area contributed by atoms with Crippen molar-refractivity contribution in [1.82, 2.24) is 4.72 Å². The van der Waals surface area contributed by atoms with Crippen LogP contribution in [-0.4, -0.2) is 15.0 Å². The Morgan fingerprint density at radius 3 is 2.23 bits per heavy atom. The third-order valence-electron chi connectivity index (χ3n) is 3.15. The minimum absolute atomic E-state index is 0.205. The molecular formula is C16H18ClNO3S. The molecule has 0 bridgehead atoms. The molecule has 6 heteroatoms. The summed E-state index contributed by atoms with van der Waals surface area (Å²) in [6.45, 7) is 4.20. The topological polar surface area (TPSA) is 55.4 Å². The largest absolute Gasteiger partial charge is 0.494 e. The Morgan fingerprint density at radius 1 is 1.09 bits per heavy atom. The number of ether oxygens (including phenoxy) is 1. The Kier molecular flexibility index (Phi) is 5.45. The van der Waals surface area contributed by atoms with Crippen LogP contribution in [0.3, 0.4) is 0 Å². The van der Waals surface area contributed by atoms with Crippen LogP contribution >= 0.6 is 11.6 Å². The van der Waals surface area contributed by atoms with E-state index in [9.17, 15) is 8.42 Å². The van der Waals surface area contributed by atoms with Crippen molar-refractivity contribution < 1.29 is 13.2 Å². The highest BCUT2D eigenvalue weighted by molar-refractivity contribution is 7.89. The second kappa shape index (κ2) is 7.13. The molecule has 0 aromatic heterocycles. The first kappa shape index (κ1) is 16.8. The van der Waals surface area contributed by atoms with E-state index < -0.39 is 10.0 Å². The van der Waals surface area contributed by atoms with Crippen LogP contribution in [0.25, 0.3) is 0 Å². The smallest absolute Gasteiger partial charge is 0.241 e. The fraction of sp³-hybridized carbons (Fsp3) is 0.250. The van der Waals surface area contributed by atoms with Gasteiger partial charge in [0.25, 0.3) is 0 Å². The van der Waals surface area contributed by atoms with Crippen molar-refractivity contribution in [3.8, 4) is 5.75 Å². The van der Waals surface area contributed by atoms with Crippen LogP contribution in [0.5, 0.6) is 5.75 Å². The summed E-state index contributed by atoms with van der Waals surface area (Å²) >= 11 is 5.84. The maximum absolute atomic E-state index is 12.4. The molecule has 0 spiro atoms. The molecule has 0 aliphatic rings. The van der Waals surface area contributed by atoms with E-state index in [4.69, 9.17) is 16.3 Å². The Bertz CT molecular complexity index is 712. The predicted octanol–water partition coefficient (Wildman–Crippen LogP) is 3.78. The summed E-state index contributed by atoms with van der Waals surface area (Å²) in [5.41, 5.74) is 0.846. The van der Waals surface area contributed by atoms with Gasteiger partial charge in [-0.2, -0.15) is 0 Å². The van der Waals surface area contributed by atoms with Gasteiger partial charge < -0.3 is 4.74 Å². The fourth-order valence-corrected chi connectivity index (χ4v) is 3.36. The molecule has 2 aromatic rings. The highest BCUT2D eigenvalue weighted by atomic mass is 35.5. The lowest BCUT2D eigenvalue weighted by Gasteiger charge is -2.15. The zero-order valence-corrected chi connectivity index (χ0v) is 14.0. The molecule has 22 heavy (non-hydrogen) atoms. The monoisotopic (exact) mass is 339 g/mol. The van der Waals surface area contributed by atoms with Crippen molar-refractivity contribution in [2.45, 2.75) is 24.8 Å². The van der Waals surface area contributed by atoms with Crippen molar-refractivity contribution in [2.75, 3.05) is 6.61 Å². The van der Waals surface area contributed by atoms with Gasteiger partial charge in [-0.15, -0.1) is 0 Å². The second-order valence-corrected chi connectivity index (χ2v) is 6.95. The van der Waals surface area contributed by atoms with Crippen LogP contribution in [-0.2, 0) is 10.0 Å². The summed E-state index contributed by atoms with van der Waals surface area (Å²) in [6, 6.07) is 13.1. The van der Waals surface area contributed by atoms with E-state index in [1.54, 1.807) is 43.3 Å². The highest BCUT2D eigenvalue weighted by Gasteiger charge is 2.18. The first-order chi connectivity index (χ1) is 10.4. The summed E-state index contributed by atoms with van der Waals surface area (Å²) in [6.07, 6.45) is 0. The van der Waals surface area contributed by atoms with Gasteiger partial charge in [-0.1, -0.05) is 23.7 Å². The number of halogens is 1. The molecule has 0 heterocycles. The molecule has 1 N–H and O–H groups in total. The van der Waals surface area contributed by atoms with Gasteiger partial charge in [0, 0.05) is 11.1 Å². The summed E-state index contributed by atoms with van der Waals surface area (Å²) in [5.74, 6) is 0.646. The van der Waals surface area contributed by atoms with E-state index in [0.717, 1.165) is 5.56 Å². The molecule has 0 unspecified atom stereocenters. The number of rotatable bonds is 6. The number of sulfonamides is 1. The lowest BCUT2D eigenvalue weighted by Crippen LogP contribution is -2.26. The van der Waals surface area contributed by atoms with Gasteiger partial charge in [-0.05, 0) is 55.8 Å². The predicted molar refractivity (Wildman–Crippen MR) is 87.8 cm³/mol. The normalized spacial score (nSPS) is 12.9. The Morgan fingerprint density at radius 2 is 1.68 bits per heavy atom. The minimum atomic E-state index is -3.59. The van der Waals surface area contributed by atoms with Gasteiger partial charge in [-0.3, -0.25) is 0 Å². The third-order valence-corrected chi connectivity index (χ3v) is 4.96. The van der Waals surface area contributed by atoms with Gasteiger partial charge >= 0.3 is 0 Å². The van der Waals surface area contributed by atoms with Gasteiger partial charge in [0.1, 0.15) is 5.75 Å². The summed E-state index contributed by atoms with van der Waals surface area (Å²) in [7, 11) is -3.59. The summed E-state index contributed by atoms with van der Waals surface area (Å²) in [5, 5.41) is 0.616. The van der Waals surface area contributed by atoms with E-state index in [1.165, 1.54) is 12.1 Å². The van der Waals surface area contributed by atoms with E-state index in [2.05, 4.69) is 4.72 Å². The molecule has 0 fully saturated rings. The number of hydrogen-bond acceptors (Lipinski definition) is 3. The van der Waals surface area contributed by atoms with Crippen LogP contribution in [0.1, 0.15) is 25.5 Å².